The zero-order valence-corrected chi connectivity index (χ0v) is 16.9. The number of anilines is 2. The van der Waals surface area contributed by atoms with Crippen LogP contribution in [0.3, 0.4) is 0 Å². The topological polar surface area (TPSA) is 66.5 Å². The second-order valence-electron chi connectivity index (χ2n) is 6.22. The lowest BCUT2D eigenvalue weighted by Crippen LogP contribution is -2.47. The van der Waals surface area contributed by atoms with E-state index in [1.807, 2.05) is 19.9 Å². The zero-order valence-electron chi connectivity index (χ0n) is 15.3. The molecule has 0 spiro atoms. The third kappa shape index (κ3) is 4.56. The molecule has 2 rings (SSSR count). The first kappa shape index (κ1) is 20.3. The normalized spacial score (nSPS) is 12.5. The lowest BCUT2D eigenvalue weighted by Gasteiger charge is -2.30. The van der Waals surface area contributed by atoms with E-state index in [4.69, 9.17) is 11.6 Å². The van der Waals surface area contributed by atoms with E-state index in [-0.39, 0.29) is 0 Å². The van der Waals surface area contributed by atoms with Crippen molar-refractivity contribution in [3.63, 3.8) is 0 Å². The molecule has 0 bridgehead atoms. The highest BCUT2D eigenvalue weighted by Gasteiger charge is 2.31. The zero-order chi connectivity index (χ0) is 19.5. The average molecular weight is 395 g/mol. The monoisotopic (exact) mass is 394 g/mol. The number of hydrogen-bond donors (Lipinski definition) is 1. The van der Waals surface area contributed by atoms with Crippen molar-refractivity contribution in [2.75, 3.05) is 15.9 Å². The Morgan fingerprint density at radius 1 is 1.15 bits per heavy atom. The van der Waals surface area contributed by atoms with Crippen LogP contribution in [0.1, 0.15) is 24.5 Å². The molecule has 0 aromatic heterocycles. The fourth-order valence-corrected chi connectivity index (χ4v) is 4.09. The standard InChI is InChI=1S/C19H23ClN2O3S/c1-5-18(19(23)21-17-9-7-6-8-16(17)20)22(26(4,24)25)15-11-10-13(2)14(3)12-15/h6-12,18H,5H2,1-4H3,(H,21,23). The van der Waals surface area contributed by atoms with Crippen LogP contribution < -0.4 is 9.62 Å². The van der Waals surface area contributed by atoms with Gasteiger partial charge in [0, 0.05) is 0 Å². The Morgan fingerprint density at radius 2 is 1.81 bits per heavy atom. The number of rotatable bonds is 6. The molecule has 1 atom stereocenters. The average Bonchev–Trinajstić information content (AvgIpc) is 2.56. The van der Waals surface area contributed by atoms with Crippen LogP contribution in [0.15, 0.2) is 42.5 Å². The predicted molar refractivity (Wildman–Crippen MR) is 107 cm³/mol. The molecular formula is C19H23ClN2O3S. The van der Waals surface area contributed by atoms with Crippen LogP contribution >= 0.6 is 11.6 Å². The van der Waals surface area contributed by atoms with Crippen molar-refractivity contribution in [3.8, 4) is 0 Å². The number of sulfonamides is 1. The second-order valence-corrected chi connectivity index (χ2v) is 8.49. The highest BCUT2D eigenvalue weighted by molar-refractivity contribution is 7.92. The number of aryl methyl sites for hydroxylation is 2. The third-order valence-corrected chi connectivity index (χ3v) is 5.72. The van der Waals surface area contributed by atoms with Gasteiger partial charge in [0.05, 0.1) is 22.7 Å². The van der Waals surface area contributed by atoms with Gasteiger partial charge in [-0.05, 0) is 55.7 Å². The van der Waals surface area contributed by atoms with Crippen LogP contribution in [0.5, 0.6) is 0 Å². The summed E-state index contributed by atoms with van der Waals surface area (Å²) in [5.74, 6) is -0.427. The van der Waals surface area contributed by atoms with E-state index in [2.05, 4.69) is 5.32 Å². The summed E-state index contributed by atoms with van der Waals surface area (Å²) in [6.07, 6.45) is 1.42. The lowest BCUT2D eigenvalue weighted by molar-refractivity contribution is -0.117. The van der Waals surface area contributed by atoms with Crippen LogP contribution in [0, 0.1) is 13.8 Å². The van der Waals surface area contributed by atoms with Crippen molar-refractivity contribution < 1.29 is 13.2 Å². The SMILES string of the molecule is CCC(C(=O)Nc1ccccc1Cl)N(c1ccc(C)c(C)c1)S(C)(=O)=O. The van der Waals surface area contributed by atoms with Gasteiger partial charge in [0.2, 0.25) is 15.9 Å². The van der Waals surface area contributed by atoms with Gasteiger partial charge in [-0.25, -0.2) is 8.42 Å². The van der Waals surface area contributed by atoms with E-state index in [1.54, 1.807) is 43.3 Å². The number of halogens is 1. The van der Waals surface area contributed by atoms with Gasteiger partial charge in [-0.3, -0.25) is 9.10 Å². The highest BCUT2D eigenvalue weighted by Crippen LogP contribution is 2.27. The number of hydrogen-bond acceptors (Lipinski definition) is 3. The van der Waals surface area contributed by atoms with E-state index in [1.165, 1.54) is 4.31 Å². The first-order chi connectivity index (χ1) is 12.1. The Morgan fingerprint density at radius 3 is 2.35 bits per heavy atom. The molecule has 1 amide bonds. The van der Waals surface area contributed by atoms with Gasteiger partial charge in [-0.15, -0.1) is 0 Å². The maximum absolute atomic E-state index is 12.8. The molecule has 7 heteroatoms. The number of nitrogens with zero attached hydrogens (tertiary/aromatic N) is 1. The first-order valence-corrected chi connectivity index (χ1v) is 10.5. The van der Waals surface area contributed by atoms with Crippen LogP contribution in [0.25, 0.3) is 0 Å². The summed E-state index contributed by atoms with van der Waals surface area (Å²) in [5, 5.41) is 3.13. The van der Waals surface area contributed by atoms with Gasteiger partial charge in [0.25, 0.3) is 0 Å². The second kappa shape index (κ2) is 8.10. The summed E-state index contributed by atoms with van der Waals surface area (Å²) in [5.41, 5.74) is 2.93. The van der Waals surface area contributed by atoms with Crippen LogP contribution in [0.2, 0.25) is 5.02 Å². The molecule has 0 fully saturated rings. The quantitative estimate of drug-likeness (QED) is 0.800. The Hall–Kier alpha value is -2.05. The van der Waals surface area contributed by atoms with E-state index in [9.17, 15) is 13.2 Å². The van der Waals surface area contributed by atoms with Gasteiger partial charge in [0.1, 0.15) is 6.04 Å². The summed E-state index contributed by atoms with van der Waals surface area (Å²) < 4.78 is 26.1. The largest absolute Gasteiger partial charge is 0.323 e. The summed E-state index contributed by atoms with van der Waals surface area (Å²) >= 11 is 6.09. The lowest BCUT2D eigenvalue weighted by atomic mass is 10.1. The Balaban J connectivity index is 2.43. The molecule has 5 nitrogen and oxygen atoms in total. The minimum atomic E-state index is -3.67. The number of carbonyl (C=O) groups is 1. The van der Waals surface area contributed by atoms with Crippen molar-refractivity contribution in [3.05, 3.63) is 58.6 Å². The smallest absolute Gasteiger partial charge is 0.248 e. The van der Waals surface area contributed by atoms with E-state index >= 15 is 0 Å². The minimum Gasteiger partial charge on any atom is -0.323 e. The van der Waals surface area contributed by atoms with Gasteiger partial charge in [-0.1, -0.05) is 36.7 Å². The van der Waals surface area contributed by atoms with E-state index < -0.39 is 22.0 Å². The van der Waals surface area contributed by atoms with E-state index in [0.29, 0.717) is 22.8 Å². The minimum absolute atomic E-state index is 0.316. The number of benzene rings is 2. The molecule has 26 heavy (non-hydrogen) atoms. The maximum Gasteiger partial charge on any atom is 0.248 e. The fraction of sp³-hybridized carbons (Fsp3) is 0.316. The van der Waals surface area contributed by atoms with Gasteiger partial charge in [-0.2, -0.15) is 0 Å². The molecule has 140 valence electrons. The maximum atomic E-state index is 12.8. The van der Waals surface area contributed by atoms with Gasteiger partial charge < -0.3 is 5.32 Å². The molecular weight excluding hydrogens is 372 g/mol. The number of para-hydroxylation sites is 1. The third-order valence-electron chi connectivity index (χ3n) is 4.21. The first-order valence-electron chi connectivity index (χ1n) is 8.27. The van der Waals surface area contributed by atoms with Crippen LogP contribution in [0.4, 0.5) is 11.4 Å². The molecule has 0 aliphatic rings. The molecule has 2 aromatic rings. The molecule has 1 N–H and O–H groups in total. The van der Waals surface area contributed by atoms with Crippen molar-refractivity contribution in [1.29, 1.82) is 0 Å². The van der Waals surface area contributed by atoms with Crippen molar-refractivity contribution in [2.45, 2.75) is 33.2 Å². The molecule has 0 radical (unpaired) electrons. The fourth-order valence-electron chi connectivity index (χ4n) is 2.70. The number of carbonyl (C=O) groups excluding carboxylic acids is 1. The molecule has 0 aliphatic carbocycles. The summed E-state index contributed by atoms with van der Waals surface area (Å²) in [4.78, 5) is 12.8. The number of amides is 1. The van der Waals surface area contributed by atoms with Gasteiger partial charge in [0.15, 0.2) is 0 Å². The summed E-state index contributed by atoms with van der Waals surface area (Å²) in [7, 11) is -3.67. The van der Waals surface area contributed by atoms with Crippen molar-refractivity contribution >= 4 is 38.9 Å². The van der Waals surface area contributed by atoms with Crippen molar-refractivity contribution in [2.24, 2.45) is 0 Å². The molecule has 0 saturated carbocycles. The predicted octanol–water partition coefficient (Wildman–Crippen LogP) is 4.14. The molecule has 0 aliphatic heterocycles. The van der Waals surface area contributed by atoms with Crippen LogP contribution in [-0.2, 0) is 14.8 Å². The summed E-state index contributed by atoms with van der Waals surface area (Å²) in [6, 6.07) is 11.3. The van der Waals surface area contributed by atoms with Crippen LogP contribution in [-0.4, -0.2) is 26.6 Å². The van der Waals surface area contributed by atoms with Crippen molar-refractivity contribution in [1.82, 2.24) is 0 Å². The Kier molecular flexibility index (Phi) is 6.31. The molecule has 0 saturated heterocycles. The molecule has 1 unspecified atom stereocenters. The molecule has 0 heterocycles. The Labute approximate surface area is 160 Å². The summed E-state index contributed by atoms with van der Waals surface area (Å²) in [6.45, 7) is 5.63. The van der Waals surface area contributed by atoms with Gasteiger partial charge >= 0.3 is 0 Å². The molecule has 2 aromatic carbocycles. The number of nitrogens with one attached hydrogen (secondary N) is 1. The highest BCUT2D eigenvalue weighted by atomic mass is 35.5. The Bertz CT molecular complexity index is 913. The van der Waals surface area contributed by atoms with E-state index in [0.717, 1.165) is 17.4 Å².